The maximum Gasteiger partial charge on any atom is 0.228 e. The van der Waals surface area contributed by atoms with Crippen LogP contribution in [0.4, 0.5) is 17.1 Å². The number of anilines is 3. The van der Waals surface area contributed by atoms with Crippen molar-refractivity contribution in [3.05, 3.63) is 40.6 Å². The summed E-state index contributed by atoms with van der Waals surface area (Å²) in [6, 6.07) is 8.31. The van der Waals surface area contributed by atoms with Crippen molar-refractivity contribution in [1.29, 1.82) is 0 Å². The van der Waals surface area contributed by atoms with Gasteiger partial charge in [-0.3, -0.25) is 4.79 Å². The minimum atomic E-state index is 0.0158. The highest BCUT2D eigenvalue weighted by atomic mass is 32.1. The van der Waals surface area contributed by atoms with Crippen LogP contribution in [0.3, 0.4) is 0 Å². The van der Waals surface area contributed by atoms with Crippen molar-refractivity contribution < 1.29 is 14.3 Å². The molecule has 0 bridgehead atoms. The molecule has 4 rings (SSSR count). The Morgan fingerprint density at radius 1 is 1.00 bits per heavy atom. The minimum Gasteiger partial charge on any atom is -0.378 e. The standard InChI is InChI=1S/C20H25N3O3S/c24-20(13-16-3-12-27-15-16)21-18-2-1-17(22-4-8-25-9-5-22)14-19(18)23-6-10-26-11-7-23/h1-3,12,14-15H,4-11,13H2,(H,21,24). The number of morpholine rings is 2. The van der Waals surface area contributed by atoms with E-state index < -0.39 is 0 Å². The number of nitrogens with zero attached hydrogens (tertiary/aromatic N) is 2. The zero-order valence-corrected chi connectivity index (χ0v) is 16.2. The second-order valence-electron chi connectivity index (χ2n) is 6.76. The quantitative estimate of drug-likeness (QED) is 0.855. The molecule has 2 fully saturated rings. The van der Waals surface area contributed by atoms with Gasteiger partial charge in [-0.25, -0.2) is 0 Å². The molecule has 7 heteroatoms. The third-order valence-electron chi connectivity index (χ3n) is 4.93. The van der Waals surface area contributed by atoms with Crippen molar-refractivity contribution in [2.24, 2.45) is 0 Å². The van der Waals surface area contributed by atoms with Crippen molar-refractivity contribution in [3.63, 3.8) is 0 Å². The summed E-state index contributed by atoms with van der Waals surface area (Å²) < 4.78 is 11.0. The Bertz CT molecular complexity index is 754. The summed E-state index contributed by atoms with van der Waals surface area (Å²) in [5, 5.41) is 7.13. The number of hydrogen-bond acceptors (Lipinski definition) is 6. The number of carbonyl (C=O) groups is 1. The Morgan fingerprint density at radius 2 is 1.70 bits per heavy atom. The van der Waals surface area contributed by atoms with Crippen LogP contribution in [-0.2, 0) is 20.7 Å². The van der Waals surface area contributed by atoms with E-state index in [4.69, 9.17) is 9.47 Å². The fraction of sp³-hybridized carbons (Fsp3) is 0.450. The average molecular weight is 388 g/mol. The fourth-order valence-electron chi connectivity index (χ4n) is 3.48. The Morgan fingerprint density at radius 3 is 2.37 bits per heavy atom. The van der Waals surface area contributed by atoms with E-state index in [0.29, 0.717) is 19.6 Å². The third kappa shape index (κ3) is 4.61. The van der Waals surface area contributed by atoms with Gasteiger partial charge in [0, 0.05) is 31.9 Å². The van der Waals surface area contributed by atoms with Crippen LogP contribution in [-0.4, -0.2) is 58.5 Å². The van der Waals surface area contributed by atoms with E-state index in [1.54, 1.807) is 11.3 Å². The van der Waals surface area contributed by atoms with Gasteiger partial charge >= 0.3 is 0 Å². The van der Waals surface area contributed by atoms with E-state index in [0.717, 1.165) is 56.3 Å². The van der Waals surface area contributed by atoms with Crippen LogP contribution in [0.15, 0.2) is 35.0 Å². The molecule has 3 heterocycles. The summed E-state index contributed by atoms with van der Waals surface area (Å²) in [5.74, 6) is 0.0158. The van der Waals surface area contributed by atoms with Crippen molar-refractivity contribution in [2.45, 2.75) is 6.42 Å². The van der Waals surface area contributed by atoms with Gasteiger partial charge in [-0.05, 0) is 40.6 Å². The van der Waals surface area contributed by atoms with Gasteiger partial charge in [0.25, 0.3) is 0 Å². The summed E-state index contributed by atoms with van der Waals surface area (Å²) in [6.07, 6.45) is 0.400. The van der Waals surface area contributed by atoms with Gasteiger partial charge in [0.2, 0.25) is 5.91 Å². The molecule has 27 heavy (non-hydrogen) atoms. The van der Waals surface area contributed by atoms with E-state index in [-0.39, 0.29) is 5.91 Å². The molecule has 0 atom stereocenters. The molecule has 1 aromatic heterocycles. The van der Waals surface area contributed by atoms with E-state index in [2.05, 4.69) is 27.2 Å². The van der Waals surface area contributed by atoms with Gasteiger partial charge in [0.15, 0.2) is 0 Å². The number of amides is 1. The molecule has 0 spiro atoms. The van der Waals surface area contributed by atoms with E-state index >= 15 is 0 Å². The fourth-order valence-corrected chi connectivity index (χ4v) is 4.15. The Hall–Kier alpha value is -2.09. The highest BCUT2D eigenvalue weighted by Gasteiger charge is 2.19. The van der Waals surface area contributed by atoms with Crippen LogP contribution in [0.25, 0.3) is 0 Å². The Balaban J connectivity index is 1.55. The molecule has 1 amide bonds. The van der Waals surface area contributed by atoms with Crippen LogP contribution in [0.1, 0.15) is 5.56 Å². The van der Waals surface area contributed by atoms with Crippen molar-refractivity contribution in [2.75, 3.05) is 67.7 Å². The third-order valence-corrected chi connectivity index (χ3v) is 5.66. The van der Waals surface area contributed by atoms with Crippen LogP contribution in [0.5, 0.6) is 0 Å². The smallest absolute Gasteiger partial charge is 0.228 e. The number of carbonyl (C=O) groups excluding carboxylic acids is 1. The summed E-state index contributed by atoms with van der Waals surface area (Å²) >= 11 is 1.61. The van der Waals surface area contributed by atoms with Gasteiger partial charge < -0.3 is 24.6 Å². The van der Waals surface area contributed by atoms with Crippen molar-refractivity contribution in [1.82, 2.24) is 0 Å². The zero-order valence-electron chi connectivity index (χ0n) is 15.4. The monoisotopic (exact) mass is 387 g/mol. The molecule has 0 unspecified atom stereocenters. The van der Waals surface area contributed by atoms with Crippen LogP contribution < -0.4 is 15.1 Å². The van der Waals surface area contributed by atoms with Gasteiger partial charge in [-0.2, -0.15) is 11.3 Å². The molecular formula is C20H25N3O3S. The second kappa shape index (κ2) is 8.73. The SMILES string of the molecule is O=C(Cc1ccsc1)Nc1ccc(N2CCOCC2)cc1N1CCOCC1. The lowest BCUT2D eigenvalue weighted by molar-refractivity contribution is -0.115. The first-order chi connectivity index (χ1) is 13.3. The molecule has 2 aromatic rings. The highest BCUT2D eigenvalue weighted by Crippen LogP contribution is 2.32. The summed E-state index contributed by atoms with van der Waals surface area (Å²) in [7, 11) is 0. The molecule has 144 valence electrons. The number of hydrogen-bond donors (Lipinski definition) is 1. The molecule has 6 nitrogen and oxygen atoms in total. The van der Waals surface area contributed by atoms with E-state index in [1.807, 2.05) is 22.9 Å². The van der Waals surface area contributed by atoms with Crippen LogP contribution >= 0.6 is 11.3 Å². The highest BCUT2D eigenvalue weighted by molar-refractivity contribution is 7.08. The number of rotatable bonds is 5. The maximum atomic E-state index is 12.5. The van der Waals surface area contributed by atoms with Gasteiger partial charge in [-0.15, -0.1) is 0 Å². The normalized spacial score (nSPS) is 17.8. The van der Waals surface area contributed by atoms with Gasteiger partial charge in [-0.1, -0.05) is 0 Å². The molecular weight excluding hydrogens is 362 g/mol. The summed E-state index contributed by atoms with van der Waals surface area (Å²) in [6.45, 7) is 6.39. The molecule has 0 radical (unpaired) electrons. The molecule has 0 aliphatic carbocycles. The van der Waals surface area contributed by atoms with Gasteiger partial charge in [0.05, 0.1) is 44.2 Å². The maximum absolute atomic E-state index is 12.5. The van der Waals surface area contributed by atoms with Crippen molar-refractivity contribution in [3.8, 4) is 0 Å². The summed E-state index contributed by atoms with van der Waals surface area (Å²) in [5.41, 5.74) is 4.17. The Labute approximate surface area is 163 Å². The molecule has 2 aliphatic rings. The Kier molecular flexibility index (Phi) is 5.91. The predicted octanol–water partition coefficient (Wildman–Crippen LogP) is 2.60. The number of thiophene rings is 1. The largest absolute Gasteiger partial charge is 0.378 e. The second-order valence-corrected chi connectivity index (χ2v) is 7.54. The lowest BCUT2D eigenvalue weighted by Crippen LogP contribution is -2.38. The van der Waals surface area contributed by atoms with E-state index in [9.17, 15) is 4.79 Å². The predicted molar refractivity (Wildman–Crippen MR) is 109 cm³/mol. The molecule has 2 saturated heterocycles. The van der Waals surface area contributed by atoms with Gasteiger partial charge in [0.1, 0.15) is 0 Å². The zero-order chi connectivity index (χ0) is 18.5. The summed E-state index contributed by atoms with van der Waals surface area (Å²) in [4.78, 5) is 17.2. The average Bonchev–Trinajstić information content (AvgIpc) is 3.22. The minimum absolute atomic E-state index is 0.0158. The first-order valence-corrected chi connectivity index (χ1v) is 10.3. The topological polar surface area (TPSA) is 54.0 Å². The first-order valence-electron chi connectivity index (χ1n) is 9.40. The lowest BCUT2D eigenvalue weighted by Gasteiger charge is -2.33. The lowest BCUT2D eigenvalue weighted by atomic mass is 10.1. The molecule has 2 aliphatic heterocycles. The van der Waals surface area contributed by atoms with Crippen molar-refractivity contribution >= 4 is 34.3 Å². The number of ether oxygens (including phenoxy) is 2. The molecule has 1 N–H and O–H groups in total. The molecule has 1 aromatic carbocycles. The first kappa shape index (κ1) is 18.3. The van der Waals surface area contributed by atoms with Crippen LogP contribution in [0, 0.1) is 0 Å². The number of nitrogens with one attached hydrogen (secondary N) is 1. The van der Waals surface area contributed by atoms with Crippen LogP contribution in [0.2, 0.25) is 0 Å². The van der Waals surface area contributed by atoms with E-state index in [1.165, 1.54) is 5.69 Å². The number of benzene rings is 1. The molecule has 0 saturated carbocycles.